The molecule has 12 heteroatoms. The quantitative estimate of drug-likeness (QED) is 0.0727. The number of carboxylic acids is 2. The summed E-state index contributed by atoms with van der Waals surface area (Å²) in [7, 11) is 3.06. The number of carboxylic acid groups (broad SMARTS) is 2. The van der Waals surface area contributed by atoms with E-state index in [1.165, 1.54) is 38.5 Å². The van der Waals surface area contributed by atoms with Gasteiger partial charge in [0.1, 0.15) is 59.5 Å². The number of benzene rings is 6. The van der Waals surface area contributed by atoms with Gasteiger partial charge in [0.25, 0.3) is 0 Å². The Hall–Kier alpha value is -6.82. The molecule has 4 atom stereocenters. The zero-order valence-electron chi connectivity index (χ0n) is 45.6. The van der Waals surface area contributed by atoms with E-state index in [1.54, 1.807) is 24.3 Å². The fourth-order valence-corrected chi connectivity index (χ4v) is 12.5. The van der Waals surface area contributed by atoms with Crippen LogP contribution in [0, 0.1) is 45.9 Å². The van der Waals surface area contributed by atoms with E-state index in [0.29, 0.717) is 68.2 Å². The lowest BCUT2D eigenvalue weighted by Gasteiger charge is -2.30. The fourth-order valence-electron chi connectivity index (χ4n) is 12.5. The van der Waals surface area contributed by atoms with Crippen molar-refractivity contribution in [3.05, 3.63) is 166 Å². The van der Waals surface area contributed by atoms with Gasteiger partial charge in [-0.15, -0.1) is 0 Å². The molecule has 0 heterocycles. The average molecular weight is 1070 g/mol. The van der Waals surface area contributed by atoms with E-state index >= 15 is 17.6 Å². The minimum Gasteiger partial charge on any atom is -0.497 e. The number of carbonyl (C=O) groups is 2. The van der Waals surface area contributed by atoms with Gasteiger partial charge in [0.05, 0.1) is 27.1 Å². The van der Waals surface area contributed by atoms with E-state index in [0.717, 1.165) is 86.5 Å². The largest absolute Gasteiger partial charge is 0.497 e. The second-order valence-corrected chi connectivity index (χ2v) is 23.4. The summed E-state index contributed by atoms with van der Waals surface area (Å²) in [5.74, 6) is -0.196. The maximum Gasteiger partial charge on any atom is 0.303 e. The fraction of sp³-hybridized carbons (Fsp3) is 0.424. The Balaban J connectivity index is 0.000000190. The standard InChI is InChI=1S/2C33H36F2O4/c2*1-33(2)13-5-8-29(33)27-15-22(31(35)17-26(27)28-16-23(38-3)11-12-30(28)34)19-39-24-7-4-6-21(14-24)25(18-32(36)37)20-9-10-20/h2*4,6-7,11-12,14-17,20,25,29H,5,8-10,13,18-19H2,1-3H3,(H,36,37)/t25-,29+;25-,29-/m11/s1. The number of hydrogen-bond donors (Lipinski definition) is 2. The van der Waals surface area contributed by atoms with Crippen molar-refractivity contribution < 1.29 is 56.3 Å². The lowest BCUT2D eigenvalue weighted by Crippen LogP contribution is -2.17. The summed E-state index contributed by atoms with van der Waals surface area (Å²) in [5, 5.41) is 18.7. The third-order valence-corrected chi connectivity index (χ3v) is 17.2. The van der Waals surface area contributed by atoms with E-state index < -0.39 is 35.2 Å². The first-order valence-electron chi connectivity index (χ1n) is 27.5. The van der Waals surface area contributed by atoms with Crippen molar-refractivity contribution in [3.63, 3.8) is 0 Å². The van der Waals surface area contributed by atoms with Gasteiger partial charge in [-0.05, 0) is 216 Å². The van der Waals surface area contributed by atoms with E-state index in [1.807, 2.05) is 60.7 Å². The molecule has 0 aliphatic heterocycles. The van der Waals surface area contributed by atoms with E-state index in [-0.39, 0.29) is 60.6 Å². The summed E-state index contributed by atoms with van der Waals surface area (Å²) in [6.07, 6.45) is 10.4. The Labute approximate surface area is 456 Å². The highest BCUT2D eigenvalue weighted by atomic mass is 19.1. The molecule has 6 aromatic carbocycles. The smallest absolute Gasteiger partial charge is 0.303 e. The first kappa shape index (κ1) is 55.9. The molecule has 0 bridgehead atoms. The van der Waals surface area contributed by atoms with Gasteiger partial charge < -0.3 is 29.2 Å². The molecule has 0 spiro atoms. The third-order valence-electron chi connectivity index (χ3n) is 17.2. The van der Waals surface area contributed by atoms with Crippen molar-refractivity contribution in [2.75, 3.05) is 14.2 Å². The van der Waals surface area contributed by atoms with Crippen LogP contribution in [-0.2, 0) is 22.8 Å². The summed E-state index contributed by atoms with van der Waals surface area (Å²) in [4.78, 5) is 22.8. The van der Waals surface area contributed by atoms with Crippen LogP contribution in [0.5, 0.6) is 23.0 Å². The maximum atomic E-state index is 15.6. The van der Waals surface area contributed by atoms with Crippen LogP contribution < -0.4 is 18.9 Å². The normalized spacial score (nSPS) is 19.1. The van der Waals surface area contributed by atoms with Crippen molar-refractivity contribution in [1.29, 1.82) is 0 Å². The molecular weight excluding hydrogens is 997 g/mol. The van der Waals surface area contributed by atoms with Crippen molar-refractivity contribution in [2.24, 2.45) is 22.7 Å². The van der Waals surface area contributed by atoms with Gasteiger partial charge in [0.2, 0.25) is 0 Å². The highest BCUT2D eigenvalue weighted by Gasteiger charge is 2.40. The second-order valence-electron chi connectivity index (χ2n) is 23.4. The molecule has 78 heavy (non-hydrogen) atoms. The first-order chi connectivity index (χ1) is 37.3. The molecule has 4 fully saturated rings. The Morgan fingerprint density at radius 3 is 1.23 bits per heavy atom. The number of ether oxygens (including phenoxy) is 4. The maximum absolute atomic E-state index is 15.6. The van der Waals surface area contributed by atoms with Gasteiger partial charge in [-0.3, -0.25) is 9.59 Å². The number of methoxy groups -OCH3 is 2. The molecule has 0 unspecified atom stereocenters. The summed E-state index contributed by atoms with van der Waals surface area (Å²) >= 11 is 0. The minimum atomic E-state index is -0.810. The van der Waals surface area contributed by atoms with Crippen LogP contribution in [0.15, 0.2) is 109 Å². The van der Waals surface area contributed by atoms with Gasteiger partial charge in [0.15, 0.2) is 0 Å². The van der Waals surface area contributed by atoms with Gasteiger partial charge in [-0.1, -0.05) is 64.8 Å². The van der Waals surface area contributed by atoms with Crippen LogP contribution in [0.2, 0.25) is 0 Å². The van der Waals surface area contributed by atoms with Gasteiger partial charge in [-0.2, -0.15) is 0 Å². The summed E-state index contributed by atoms with van der Waals surface area (Å²) < 4.78 is 84.1. The number of rotatable bonds is 20. The predicted molar refractivity (Wildman–Crippen MR) is 294 cm³/mol. The van der Waals surface area contributed by atoms with Crippen LogP contribution in [-0.4, -0.2) is 36.4 Å². The van der Waals surface area contributed by atoms with Crippen molar-refractivity contribution >= 4 is 11.9 Å². The van der Waals surface area contributed by atoms with Crippen molar-refractivity contribution in [3.8, 4) is 45.3 Å². The SMILES string of the molecule is COc1ccc(F)c(-c2cc(F)c(COc3cccc([C@H](CC(=O)O)C4CC4)c3)cc2[C@@H]2CCCC2(C)C)c1.COc1ccc(F)c(-c2cc(F)c(COc3cccc([C@H](CC(=O)O)C4CC4)c3)cc2[C@H]2CCCC2(C)C)c1. The average Bonchev–Trinajstić information content (AvgIpc) is 4.38. The van der Waals surface area contributed by atoms with Crippen LogP contribution in [0.1, 0.15) is 162 Å². The molecule has 412 valence electrons. The second kappa shape index (κ2) is 23.6. The molecule has 0 aromatic heterocycles. The lowest BCUT2D eigenvalue weighted by molar-refractivity contribution is -0.138. The Bertz CT molecular complexity index is 2930. The van der Waals surface area contributed by atoms with Crippen LogP contribution in [0.3, 0.4) is 0 Å². The van der Waals surface area contributed by atoms with E-state index in [9.17, 15) is 19.8 Å². The molecule has 0 amide bonds. The van der Waals surface area contributed by atoms with Crippen molar-refractivity contribution in [2.45, 2.75) is 142 Å². The lowest BCUT2D eigenvalue weighted by atomic mass is 9.75. The van der Waals surface area contributed by atoms with E-state index in [4.69, 9.17) is 18.9 Å². The Kier molecular flexibility index (Phi) is 17.0. The van der Waals surface area contributed by atoms with Crippen LogP contribution in [0.4, 0.5) is 17.6 Å². The summed E-state index contributed by atoms with van der Waals surface area (Å²) in [6, 6.07) is 30.7. The molecule has 2 N–H and O–H groups in total. The Morgan fingerprint density at radius 1 is 0.500 bits per heavy atom. The molecule has 4 aliphatic rings. The van der Waals surface area contributed by atoms with Gasteiger partial charge in [-0.25, -0.2) is 17.6 Å². The number of halogens is 4. The van der Waals surface area contributed by atoms with Gasteiger partial charge in [0, 0.05) is 22.3 Å². The molecule has 8 nitrogen and oxygen atoms in total. The topological polar surface area (TPSA) is 112 Å². The molecule has 10 rings (SSSR count). The summed E-state index contributed by atoms with van der Waals surface area (Å²) in [6.45, 7) is 8.90. The third kappa shape index (κ3) is 13.0. The molecule has 0 radical (unpaired) electrons. The molecule has 0 saturated heterocycles. The number of aliphatic carboxylic acids is 2. The first-order valence-corrected chi connectivity index (χ1v) is 27.5. The molecular formula is C66H72F4O8. The minimum absolute atomic E-state index is 0.00363. The predicted octanol–water partition coefficient (Wildman–Crippen LogP) is 17.0. The zero-order valence-corrected chi connectivity index (χ0v) is 45.6. The van der Waals surface area contributed by atoms with Crippen LogP contribution >= 0.6 is 0 Å². The van der Waals surface area contributed by atoms with Crippen molar-refractivity contribution in [1.82, 2.24) is 0 Å². The van der Waals surface area contributed by atoms with Gasteiger partial charge >= 0.3 is 11.9 Å². The van der Waals surface area contributed by atoms with Crippen LogP contribution in [0.25, 0.3) is 22.3 Å². The summed E-state index contributed by atoms with van der Waals surface area (Å²) in [5.41, 5.74) is 6.31. The highest BCUT2D eigenvalue weighted by molar-refractivity contribution is 5.73. The molecule has 6 aromatic rings. The monoisotopic (exact) mass is 1070 g/mol. The highest BCUT2D eigenvalue weighted by Crippen LogP contribution is 2.54. The molecule has 4 saturated carbocycles. The molecule has 4 aliphatic carbocycles. The number of hydrogen-bond acceptors (Lipinski definition) is 6. The van der Waals surface area contributed by atoms with E-state index in [2.05, 4.69) is 27.7 Å². The zero-order chi connectivity index (χ0) is 55.5. The Morgan fingerprint density at radius 2 is 0.897 bits per heavy atom.